The van der Waals surface area contributed by atoms with Crippen LogP contribution in [0.25, 0.3) is 39.6 Å². The van der Waals surface area contributed by atoms with Gasteiger partial charge in [0.1, 0.15) is 0 Å². The van der Waals surface area contributed by atoms with Crippen molar-refractivity contribution >= 4 is 45.6 Å². The average Bonchev–Trinajstić information content (AvgIpc) is 2.90. The normalized spacial score (nSPS) is 15.2. The van der Waals surface area contributed by atoms with Crippen LogP contribution in [-0.4, -0.2) is 4.57 Å². The Balaban J connectivity index is 1.96. The minimum absolute atomic E-state index is 0.0424. The zero-order chi connectivity index (χ0) is 18.6. The highest BCUT2D eigenvalue weighted by atomic mass is 35.5. The molecule has 0 aliphatic heterocycles. The van der Waals surface area contributed by atoms with E-state index in [9.17, 15) is 0 Å². The molecule has 1 nitrogen and oxygen atoms in total. The third kappa shape index (κ3) is 2.62. The number of rotatable bonds is 1. The van der Waals surface area contributed by atoms with Crippen LogP contribution in [-0.2, 0) is 0 Å². The molecule has 1 aromatic heterocycles. The van der Waals surface area contributed by atoms with Crippen LogP contribution < -0.4 is 0 Å². The van der Waals surface area contributed by atoms with Crippen molar-refractivity contribution in [1.82, 2.24) is 4.57 Å². The first-order chi connectivity index (χ1) is 13.0. The molecule has 27 heavy (non-hydrogen) atoms. The summed E-state index contributed by atoms with van der Waals surface area (Å²) in [4.78, 5) is 0. The summed E-state index contributed by atoms with van der Waals surface area (Å²) >= 11 is 6.39. The summed E-state index contributed by atoms with van der Waals surface area (Å²) in [5.74, 6) is 0. The highest BCUT2D eigenvalue weighted by Gasteiger charge is 2.19. The SMILES string of the molecule is CC1(C)C=Cc2ccc3c(c2C=C1)c1cc(Cl)ccc1n3-c1ccccc1. The topological polar surface area (TPSA) is 4.93 Å². The van der Waals surface area contributed by atoms with Gasteiger partial charge in [-0.1, -0.05) is 74.0 Å². The molecule has 0 fully saturated rings. The zero-order valence-corrected chi connectivity index (χ0v) is 16.2. The number of hydrogen-bond acceptors (Lipinski definition) is 0. The van der Waals surface area contributed by atoms with E-state index in [0.717, 1.165) is 10.7 Å². The minimum Gasteiger partial charge on any atom is -0.309 e. The summed E-state index contributed by atoms with van der Waals surface area (Å²) < 4.78 is 2.33. The number of benzene rings is 3. The molecule has 0 radical (unpaired) electrons. The lowest BCUT2D eigenvalue weighted by atomic mass is 9.93. The zero-order valence-electron chi connectivity index (χ0n) is 15.4. The fraction of sp³-hybridized carbons (Fsp3) is 0.120. The molecule has 0 amide bonds. The Morgan fingerprint density at radius 3 is 2.37 bits per heavy atom. The molecule has 5 rings (SSSR count). The third-order valence-electron chi connectivity index (χ3n) is 5.35. The monoisotopic (exact) mass is 369 g/mol. The molecule has 1 aliphatic rings. The van der Waals surface area contributed by atoms with Crippen LogP contribution in [0.3, 0.4) is 0 Å². The first-order valence-electron chi connectivity index (χ1n) is 9.24. The number of halogens is 1. The number of hydrogen-bond donors (Lipinski definition) is 0. The van der Waals surface area contributed by atoms with Crippen molar-refractivity contribution in [3.63, 3.8) is 0 Å². The van der Waals surface area contributed by atoms with Crippen LogP contribution in [0.2, 0.25) is 5.02 Å². The molecule has 2 heteroatoms. The van der Waals surface area contributed by atoms with Gasteiger partial charge in [-0.15, -0.1) is 0 Å². The summed E-state index contributed by atoms with van der Waals surface area (Å²) in [5, 5.41) is 3.21. The number of aromatic nitrogens is 1. The van der Waals surface area contributed by atoms with E-state index in [1.54, 1.807) is 0 Å². The second-order valence-corrected chi connectivity index (χ2v) is 8.22. The van der Waals surface area contributed by atoms with Crippen LogP contribution >= 0.6 is 11.6 Å². The summed E-state index contributed by atoms with van der Waals surface area (Å²) in [6.45, 7) is 4.46. The van der Waals surface area contributed by atoms with E-state index >= 15 is 0 Å². The molecule has 0 spiro atoms. The van der Waals surface area contributed by atoms with Crippen molar-refractivity contribution < 1.29 is 0 Å². The Labute approximate surface area is 164 Å². The maximum Gasteiger partial charge on any atom is 0.0547 e. The van der Waals surface area contributed by atoms with Gasteiger partial charge in [-0.2, -0.15) is 0 Å². The Morgan fingerprint density at radius 2 is 1.56 bits per heavy atom. The van der Waals surface area contributed by atoms with Crippen molar-refractivity contribution in [3.8, 4) is 5.69 Å². The van der Waals surface area contributed by atoms with Gasteiger partial charge in [0.2, 0.25) is 0 Å². The van der Waals surface area contributed by atoms with Crippen molar-refractivity contribution in [2.45, 2.75) is 13.8 Å². The molecule has 132 valence electrons. The van der Waals surface area contributed by atoms with E-state index in [2.05, 4.69) is 97.3 Å². The van der Waals surface area contributed by atoms with E-state index in [4.69, 9.17) is 11.6 Å². The van der Waals surface area contributed by atoms with E-state index in [1.807, 2.05) is 6.07 Å². The number of allylic oxidation sites excluding steroid dienone is 2. The molecule has 4 aromatic rings. The largest absolute Gasteiger partial charge is 0.309 e. The van der Waals surface area contributed by atoms with Gasteiger partial charge in [0, 0.05) is 26.9 Å². The first-order valence-corrected chi connectivity index (χ1v) is 9.62. The Kier molecular flexibility index (Phi) is 3.57. The number of nitrogens with zero attached hydrogens (tertiary/aromatic N) is 1. The molecule has 0 N–H and O–H groups in total. The van der Waals surface area contributed by atoms with Crippen molar-refractivity contribution in [1.29, 1.82) is 0 Å². The third-order valence-corrected chi connectivity index (χ3v) is 5.59. The van der Waals surface area contributed by atoms with E-state index in [-0.39, 0.29) is 5.41 Å². The van der Waals surface area contributed by atoms with Gasteiger partial charge in [0.25, 0.3) is 0 Å². The van der Waals surface area contributed by atoms with Gasteiger partial charge in [-0.3, -0.25) is 0 Å². The second kappa shape index (κ2) is 5.87. The lowest BCUT2D eigenvalue weighted by Gasteiger charge is -2.12. The lowest BCUT2D eigenvalue weighted by molar-refractivity contribution is 0.633. The summed E-state index contributed by atoms with van der Waals surface area (Å²) in [6, 6.07) is 21.1. The molecule has 1 aliphatic carbocycles. The molecule has 3 aromatic carbocycles. The fourth-order valence-corrected chi connectivity index (χ4v) is 4.14. The van der Waals surface area contributed by atoms with Gasteiger partial charge in [-0.25, -0.2) is 0 Å². The maximum absolute atomic E-state index is 6.39. The smallest absolute Gasteiger partial charge is 0.0547 e. The molecular formula is C25H20ClN. The van der Waals surface area contributed by atoms with Crippen molar-refractivity contribution in [2.75, 3.05) is 0 Å². The summed E-state index contributed by atoms with van der Waals surface area (Å²) in [6.07, 6.45) is 9.06. The molecule has 0 saturated carbocycles. The standard InChI is InChI=1S/C25H20ClN/c1-25(2)14-12-17-8-10-23-24(20(17)13-15-25)21-16-18(26)9-11-22(21)27(23)19-6-4-3-5-7-19/h3-16H,1-2H3. The molecule has 0 bridgehead atoms. The van der Waals surface area contributed by atoms with Gasteiger partial charge < -0.3 is 4.57 Å². The summed E-state index contributed by atoms with van der Waals surface area (Å²) in [7, 11) is 0. The molecule has 0 atom stereocenters. The average molecular weight is 370 g/mol. The number of para-hydroxylation sites is 1. The summed E-state index contributed by atoms with van der Waals surface area (Å²) in [5.41, 5.74) is 6.09. The van der Waals surface area contributed by atoms with Crippen LogP contribution in [0.4, 0.5) is 0 Å². The van der Waals surface area contributed by atoms with Crippen LogP contribution in [0.15, 0.2) is 72.8 Å². The molecular weight excluding hydrogens is 350 g/mol. The molecule has 0 unspecified atom stereocenters. The van der Waals surface area contributed by atoms with Crippen molar-refractivity contribution in [3.05, 3.63) is 89.0 Å². The van der Waals surface area contributed by atoms with E-state index in [1.165, 1.54) is 32.9 Å². The van der Waals surface area contributed by atoms with E-state index in [0.29, 0.717) is 0 Å². The number of fused-ring (bicyclic) bond motifs is 5. The lowest BCUT2D eigenvalue weighted by Crippen LogP contribution is -1.99. The maximum atomic E-state index is 6.39. The Morgan fingerprint density at radius 1 is 0.815 bits per heavy atom. The Bertz CT molecular complexity index is 1240. The predicted octanol–water partition coefficient (Wildman–Crippen LogP) is 7.50. The van der Waals surface area contributed by atoms with Gasteiger partial charge in [0.05, 0.1) is 11.0 Å². The predicted molar refractivity (Wildman–Crippen MR) is 118 cm³/mol. The fourth-order valence-electron chi connectivity index (χ4n) is 3.97. The molecule has 0 saturated heterocycles. The van der Waals surface area contributed by atoms with Gasteiger partial charge in [-0.05, 0) is 47.5 Å². The van der Waals surface area contributed by atoms with Crippen LogP contribution in [0.1, 0.15) is 25.0 Å². The second-order valence-electron chi connectivity index (χ2n) is 7.78. The van der Waals surface area contributed by atoms with Gasteiger partial charge >= 0.3 is 0 Å². The minimum atomic E-state index is 0.0424. The quantitative estimate of drug-likeness (QED) is 0.327. The molecule has 1 heterocycles. The van der Waals surface area contributed by atoms with Crippen molar-refractivity contribution in [2.24, 2.45) is 5.41 Å². The van der Waals surface area contributed by atoms with Crippen LogP contribution in [0, 0.1) is 5.41 Å². The highest BCUT2D eigenvalue weighted by Crippen LogP contribution is 2.39. The highest BCUT2D eigenvalue weighted by molar-refractivity contribution is 6.32. The van der Waals surface area contributed by atoms with Gasteiger partial charge in [0.15, 0.2) is 0 Å². The first kappa shape index (κ1) is 16.4. The van der Waals surface area contributed by atoms with E-state index < -0.39 is 0 Å². The van der Waals surface area contributed by atoms with Crippen LogP contribution in [0.5, 0.6) is 0 Å². The Hall–Kier alpha value is -2.77.